The van der Waals surface area contributed by atoms with Gasteiger partial charge in [0.15, 0.2) is 0 Å². The van der Waals surface area contributed by atoms with Crippen LogP contribution in [0.1, 0.15) is 38.2 Å². The highest BCUT2D eigenvalue weighted by Gasteiger charge is 2.59. The number of carboxylic acid groups (broad SMARTS) is 1. The summed E-state index contributed by atoms with van der Waals surface area (Å²) >= 11 is 0. The number of rotatable bonds is 1. The monoisotopic (exact) mass is 287 g/mol. The summed E-state index contributed by atoms with van der Waals surface area (Å²) in [6.45, 7) is 1.34. The number of anilines is 1. The number of hydrogen-bond acceptors (Lipinski definition) is 3. The summed E-state index contributed by atoms with van der Waals surface area (Å²) in [7, 11) is 0. The van der Waals surface area contributed by atoms with E-state index in [1.54, 1.807) is 24.3 Å². The van der Waals surface area contributed by atoms with Crippen molar-refractivity contribution in [2.45, 2.75) is 38.0 Å². The number of hydrogen-bond donors (Lipinski definition) is 1. The Morgan fingerprint density at radius 2 is 2.00 bits per heavy atom. The predicted octanol–water partition coefficient (Wildman–Crippen LogP) is 2.09. The Kier molecular flexibility index (Phi) is 3.08. The standard InChI is InChI=1S/C16H17NO4/c1-10(18)17-13-8-3-2-6-11(13)16(15(17)21)9-5-4-7-12(16)14(19)20/h2-3,6,8,12H,4-5,7,9H2,1H3,(H,19,20)/t12-,16-/m0/s1. The van der Waals surface area contributed by atoms with Crippen molar-refractivity contribution in [1.29, 1.82) is 0 Å². The molecule has 1 aliphatic heterocycles. The first-order chi connectivity index (χ1) is 10.00. The van der Waals surface area contributed by atoms with Crippen LogP contribution in [0.4, 0.5) is 5.69 Å². The summed E-state index contributed by atoms with van der Waals surface area (Å²) < 4.78 is 0. The van der Waals surface area contributed by atoms with Gasteiger partial charge in [0.2, 0.25) is 11.8 Å². The van der Waals surface area contributed by atoms with E-state index in [9.17, 15) is 19.5 Å². The molecule has 0 aromatic heterocycles. The number of nitrogens with zero attached hydrogens (tertiary/aromatic N) is 1. The first-order valence-corrected chi connectivity index (χ1v) is 7.17. The first kappa shape index (κ1) is 13.8. The van der Waals surface area contributed by atoms with E-state index < -0.39 is 17.3 Å². The van der Waals surface area contributed by atoms with E-state index in [-0.39, 0.29) is 11.8 Å². The maximum atomic E-state index is 12.9. The van der Waals surface area contributed by atoms with Gasteiger partial charge in [0.05, 0.1) is 17.0 Å². The molecule has 0 unspecified atom stereocenters. The summed E-state index contributed by atoms with van der Waals surface area (Å²) in [5.74, 6) is -2.45. The molecule has 0 radical (unpaired) electrons. The lowest BCUT2D eigenvalue weighted by Crippen LogP contribution is -2.51. The molecule has 0 saturated heterocycles. The SMILES string of the molecule is CC(=O)N1C(=O)[C@@]2(CCCC[C@H]2C(=O)O)c2ccccc21. The maximum Gasteiger partial charge on any atom is 0.307 e. The number of imide groups is 1. The third kappa shape index (κ3) is 1.73. The van der Waals surface area contributed by atoms with Crippen LogP contribution in [0.15, 0.2) is 24.3 Å². The van der Waals surface area contributed by atoms with Crippen LogP contribution in [0, 0.1) is 5.92 Å². The average molecular weight is 287 g/mol. The van der Waals surface area contributed by atoms with E-state index in [0.717, 1.165) is 17.7 Å². The van der Waals surface area contributed by atoms with Gasteiger partial charge in [-0.2, -0.15) is 0 Å². The number of amides is 2. The summed E-state index contributed by atoms with van der Waals surface area (Å²) in [6.07, 6.45) is 2.56. The van der Waals surface area contributed by atoms with E-state index in [4.69, 9.17) is 0 Å². The molecular formula is C16H17NO4. The second kappa shape index (κ2) is 4.69. The Hall–Kier alpha value is -2.17. The zero-order valence-electron chi connectivity index (χ0n) is 11.8. The van der Waals surface area contributed by atoms with Gasteiger partial charge in [0.1, 0.15) is 0 Å². The van der Waals surface area contributed by atoms with E-state index in [1.165, 1.54) is 6.92 Å². The van der Waals surface area contributed by atoms with Gasteiger partial charge in [-0.15, -0.1) is 0 Å². The van der Waals surface area contributed by atoms with Crippen LogP contribution >= 0.6 is 0 Å². The number of carbonyl (C=O) groups excluding carboxylic acids is 2. The van der Waals surface area contributed by atoms with Crippen LogP contribution in [-0.2, 0) is 19.8 Å². The van der Waals surface area contributed by atoms with Gasteiger partial charge >= 0.3 is 5.97 Å². The molecule has 1 aromatic rings. The maximum absolute atomic E-state index is 12.9. The molecular weight excluding hydrogens is 270 g/mol. The van der Waals surface area contributed by atoms with Crippen molar-refractivity contribution in [3.8, 4) is 0 Å². The molecule has 1 aliphatic carbocycles. The second-order valence-electron chi connectivity index (χ2n) is 5.78. The Labute approximate surface area is 122 Å². The molecule has 1 saturated carbocycles. The minimum Gasteiger partial charge on any atom is -0.481 e. The van der Waals surface area contributed by atoms with Gasteiger partial charge in [0, 0.05) is 6.92 Å². The quantitative estimate of drug-likeness (QED) is 0.858. The molecule has 110 valence electrons. The first-order valence-electron chi connectivity index (χ1n) is 7.17. The summed E-state index contributed by atoms with van der Waals surface area (Å²) in [6, 6.07) is 7.07. The Morgan fingerprint density at radius 3 is 2.67 bits per heavy atom. The second-order valence-corrected chi connectivity index (χ2v) is 5.78. The molecule has 2 amide bonds. The van der Waals surface area contributed by atoms with Crippen LogP contribution in [-0.4, -0.2) is 22.9 Å². The predicted molar refractivity (Wildman–Crippen MR) is 75.9 cm³/mol. The van der Waals surface area contributed by atoms with Crippen molar-refractivity contribution < 1.29 is 19.5 Å². The fraction of sp³-hybridized carbons (Fsp3) is 0.438. The van der Waals surface area contributed by atoms with Gasteiger partial charge in [0.25, 0.3) is 0 Å². The van der Waals surface area contributed by atoms with Gasteiger partial charge in [-0.3, -0.25) is 14.4 Å². The molecule has 1 fully saturated rings. The van der Waals surface area contributed by atoms with E-state index in [1.807, 2.05) is 0 Å². The fourth-order valence-electron chi connectivity index (χ4n) is 3.87. The van der Waals surface area contributed by atoms with Crippen molar-refractivity contribution >= 4 is 23.5 Å². The van der Waals surface area contributed by atoms with Crippen molar-refractivity contribution in [1.82, 2.24) is 0 Å². The largest absolute Gasteiger partial charge is 0.481 e. The van der Waals surface area contributed by atoms with E-state index in [0.29, 0.717) is 24.1 Å². The molecule has 1 heterocycles. The van der Waals surface area contributed by atoms with Crippen LogP contribution in [0.5, 0.6) is 0 Å². The highest BCUT2D eigenvalue weighted by molar-refractivity contribution is 6.23. The number of benzene rings is 1. The van der Waals surface area contributed by atoms with Crippen LogP contribution in [0.2, 0.25) is 0 Å². The van der Waals surface area contributed by atoms with Crippen molar-refractivity contribution in [3.05, 3.63) is 29.8 Å². The highest BCUT2D eigenvalue weighted by atomic mass is 16.4. The van der Waals surface area contributed by atoms with E-state index in [2.05, 4.69) is 0 Å². The number of aliphatic carboxylic acids is 1. The van der Waals surface area contributed by atoms with Gasteiger partial charge in [-0.25, -0.2) is 4.90 Å². The molecule has 1 N–H and O–H groups in total. The molecule has 1 aromatic carbocycles. The normalized spacial score (nSPS) is 27.8. The number of carboxylic acids is 1. The summed E-state index contributed by atoms with van der Waals surface area (Å²) in [4.78, 5) is 37.7. The van der Waals surface area contributed by atoms with Gasteiger partial charge < -0.3 is 5.11 Å². The zero-order chi connectivity index (χ0) is 15.2. The molecule has 5 heteroatoms. The third-order valence-electron chi connectivity index (χ3n) is 4.73. The smallest absolute Gasteiger partial charge is 0.307 e. The van der Waals surface area contributed by atoms with Crippen LogP contribution in [0.25, 0.3) is 0 Å². The molecule has 2 atom stereocenters. The van der Waals surface area contributed by atoms with Crippen molar-refractivity contribution in [3.63, 3.8) is 0 Å². The molecule has 21 heavy (non-hydrogen) atoms. The minimum atomic E-state index is -1.08. The lowest BCUT2D eigenvalue weighted by atomic mass is 9.63. The molecule has 2 aliphatic rings. The van der Waals surface area contributed by atoms with Crippen molar-refractivity contribution in [2.75, 3.05) is 4.90 Å². The molecule has 1 spiro atoms. The molecule has 5 nitrogen and oxygen atoms in total. The summed E-state index contributed by atoms with van der Waals surface area (Å²) in [5, 5.41) is 9.58. The average Bonchev–Trinajstić information content (AvgIpc) is 2.70. The third-order valence-corrected chi connectivity index (χ3v) is 4.73. The highest BCUT2D eigenvalue weighted by Crippen LogP contribution is 2.52. The van der Waals surface area contributed by atoms with E-state index >= 15 is 0 Å². The van der Waals surface area contributed by atoms with Crippen LogP contribution in [0.3, 0.4) is 0 Å². The van der Waals surface area contributed by atoms with Gasteiger partial charge in [-0.05, 0) is 24.5 Å². The minimum absolute atomic E-state index is 0.362. The Morgan fingerprint density at radius 1 is 1.29 bits per heavy atom. The molecule has 3 rings (SSSR count). The fourth-order valence-corrected chi connectivity index (χ4v) is 3.87. The topological polar surface area (TPSA) is 74.7 Å². The molecule has 0 bridgehead atoms. The van der Waals surface area contributed by atoms with Gasteiger partial charge in [-0.1, -0.05) is 31.0 Å². The lowest BCUT2D eigenvalue weighted by molar-refractivity contribution is -0.150. The van der Waals surface area contributed by atoms with Crippen molar-refractivity contribution in [2.24, 2.45) is 5.92 Å². The Bertz CT molecular complexity index is 639. The number of carbonyl (C=O) groups is 3. The zero-order valence-corrected chi connectivity index (χ0v) is 11.8. The van der Waals surface area contributed by atoms with Crippen LogP contribution < -0.4 is 4.90 Å². The number of para-hydroxylation sites is 1. The number of fused-ring (bicyclic) bond motifs is 2. The Balaban J connectivity index is 2.24. The lowest BCUT2D eigenvalue weighted by Gasteiger charge is -2.37. The summed E-state index contributed by atoms with van der Waals surface area (Å²) in [5.41, 5.74) is 0.159.